The summed E-state index contributed by atoms with van der Waals surface area (Å²) in [6.07, 6.45) is 2.80. The molecule has 0 bridgehead atoms. The minimum absolute atomic E-state index is 0.0969. The number of carbonyl (C=O) groups is 3. The number of para-hydroxylation sites is 2. The van der Waals surface area contributed by atoms with Crippen molar-refractivity contribution in [2.24, 2.45) is 0 Å². The van der Waals surface area contributed by atoms with Crippen LogP contribution in [0.5, 0.6) is 0 Å². The number of carbonyl (C=O) groups excluding carboxylic acids is 3. The summed E-state index contributed by atoms with van der Waals surface area (Å²) in [7, 11) is 0. The standard InChI is InChI=1S/C27H26N4O3S/c32-24(29-21-7-3-4-8-22(21)30-13-11-23-17(16-30)12-14-35-23)15-28-26(33)25-19-5-1-2-6-20(19)27(34)31(25)18-9-10-18/h1-8,12,14,18,25H,9-11,13,15-16H2,(H,28,33)(H,29,32). The lowest BCUT2D eigenvalue weighted by molar-refractivity contribution is -0.127. The van der Waals surface area contributed by atoms with Gasteiger partial charge in [0, 0.05) is 29.6 Å². The van der Waals surface area contributed by atoms with Gasteiger partial charge in [0.2, 0.25) is 11.8 Å². The number of thiophene rings is 1. The van der Waals surface area contributed by atoms with E-state index in [4.69, 9.17) is 0 Å². The number of benzene rings is 2. The van der Waals surface area contributed by atoms with Crippen LogP contribution in [-0.4, -0.2) is 41.8 Å². The Kier molecular flexibility index (Phi) is 5.53. The minimum atomic E-state index is -0.681. The van der Waals surface area contributed by atoms with E-state index in [1.165, 1.54) is 10.4 Å². The van der Waals surface area contributed by atoms with Crippen LogP contribution in [0.3, 0.4) is 0 Å². The van der Waals surface area contributed by atoms with Crippen molar-refractivity contribution in [2.75, 3.05) is 23.3 Å². The number of rotatable bonds is 6. The van der Waals surface area contributed by atoms with Crippen LogP contribution in [0.2, 0.25) is 0 Å². The van der Waals surface area contributed by atoms with Crippen LogP contribution >= 0.6 is 11.3 Å². The van der Waals surface area contributed by atoms with Crippen molar-refractivity contribution in [3.8, 4) is 0 Å². The molecular weight excluding hydrogens is 460 g/mol. The molecule has 3 aliphatic rings. The fourth-order valence-corrected chi connectivity index (χ4v) is 5.99. The van der Waals surface area contributed by atoms with E-state index < -0.39 is 6.04 Å². The van der Waals surface area contributed by atoms with Crippen molar-refractivity contribution >= 4 is 40.4 Å². The average molecular weight is 487 g/mol. The first-order valence-electron chi connectivity index (χ1n) is 12.0. The minimum Gasteiger partial charge on any atom is -0.365 e. The molecule has 1 aromatic heterocycles. The van der Waals surface area contributed by atoms with Gasteiger partial charge in [-0.15, -0.1) is 11.3 Å². The second-order valence-corrected chi connectivity index (χ2v) is 10.3. The summed E-state index contributed by atoms with van der Waals surface area (Å²) < 4.78 is 0. The molecule has 0 radical (unpaired) electrons. The molecule has 1 atom stereocenters. The van der Waals surface area contributed by atoms with Crippen molar-refractivity contribution in [1.82, 2.24) is 10.2 Å². The predicted molar refractivity (Wildman–Crippen MR) is 136 cm³/mol. The van der Waals surface area contributed by atoms with Crippen LogP contribution in [0.4, 0.5) is 11.4 Å². The number of hydrogen-bond acceptors (Lipinski definition) is 5. The van der Waals surface area contributed by atoms with E-state index >= 15 is 0 Å². The van der Waals surface area contributed by atoms with Gasteiger partial charge >= 0.3 is 0 Å². The van der Waals surface area contributed by atoms with Crippen LogP contribution < -0.4 is 15.5 Å². The summed E-state index contributed by atoms with van der Waals surface area (Å²) in [4.78, 5) is 44.3. The number of nitrogens with one attached hydrogen (secondary N) is 2. The Hall–Kier alpha value is -3.65. The highest BCUT2D eigenvalue weighted by atomic mass is 32.1. The summed E-state index contributed by atoms with van der Waals surface area (Å²) in [5.41, 5.74) is 4.32. The number of anilines is 2. The van der Waals surface area contributed by atoms with Crippen LogP contribution in [0.25, 0.3) is 0 Å². The smallest absolute Gasteiger partial charge is 0.255 e. The third-order valence-electron chi connectivity index (χ3n) is 6.94. The predicted octanol–water partition coefficient (Wildman–Crippen LogP) is 3.73. The largest absolute Gasteiger partial charge is 0.365 e. The van der Waals surface area contributed by atoms with Crippen molar-refractivity contribution in [3.05, 3.63) is 81.5 Å². The fourth-order valence-electron chi connectivity index (χ4n) is 5.10. The molecule has 1 aliphatic carbocycles. The molecule has 1 unspecified atom stereocenters. The van der Waals surface area contributed by atoms with E-state index in [9.17, 15) is 14.4 Å². The molecule has 8 heteroatoms. The lowest BCUT2D eigenvalue weighted by Gasteiger charge is -2.30. The molecule has 1 fully saturated rings. The second kappa shape index (κ2) is 8.85. The Labute approximate surface area is 207 Å². The summed E-state index contributed by atoms with van der Waals surface area (Å²) >= 11 is 1.80. The second-order valence-electron chi connectivity index (χ2n) is 9.26. The highest BCUT2D eigenvalue weighted by Crippen LogP contribution is 2.42. The van der Waals surface area contributed by atoms with E-state index in [-0.39, 0.29) is 30.3 Å². The first-order chi connectivity index (χ1) is 17.1. The van der Waals surface area contributed by atoms with Gasteiger partial charge in [0.15, 0.2) is 0 Å². The normalized spacial score (nSPS) is 18.7. The van der Waals surface area contributed by atoms with Gasteiger partial charge in [-0.1, -0.05) is 30.3 Å². The number of fused-ring (bicyclic) bond motifs is 2. The molecule has 6 rings (SSSR count). The quantitative estimate of drug-likeness (QED) is 0.556. The molecule has 7 nitrogen and oxygen atoms in total. The topological polar surface area (TPSA) is 81.8 Å². The van der Waals surface area contributed by atoms with Crippen molar-refractivity contribution in [1.29, 1.82) is 0 Å². The van der Waals surface area contributed by atoms with Crippen LogP contribution in [-0.2, 0) is 22.6 Å². The zero-order chi connectivity index (χ0) is 23.9. The molecular formula is C27H26N4O3S. The number of hydrogen-bond donors (Lipinski definition) is 2. The van der Waals surface area contributed by atoms with Gasteiger partial charge < -0.3 is 20.4 Å². The van der Waals surface area contributed by atoms with Gasteiger partial charge in [-0.05, 0) is 60.0 Å². The Bertz CT molecular complexity index is 1320. The SMILES string of the molecule is O=C(CNC(=O)C1c2ccccc2C(=O)N1C1CC1)Nc1ccccc1N1CCc2sccc2C1. The van der Waals surface area contributed by atoms with Gasteiger partial charge in [-0.3, -0.25) is 14.4 Å². The third kappa shape index (κ3) is 4.08. The molecule has 35 heavy (non-hydrogen) atoms. The van der Waals surface area contributed by atoms with Crippen molar-refractivity contribution in [2.45, 2.75) is 37.9 Å². The van der Waals surface area contributed by atoms with E-state index in [1.54, 1.807) is 22.3 Å². The van der Waals surface area contributed by atoms with Crippen LogP contribution in [0.15, 0.2) is 60.0 Å². The Balaban J connectivity index is 1.13. The number of nitrogens with zero attached hydrogens (tertiary/aromatic N) is 2. The summed E-state index contributed by atoms with van der Waals surface area (Å²) in [6, 6.07) is 16.6. The first-order valence-corrected chi connectivity index (χ1v) is 12.9. The summed E-state index contributed by atoms with van der Waals surface area (Å²) in [5, 5.41) is 7.87. The molecule has 2 aliphatic heterocycles. The maximum atomic E-state index is 13.2. The third-order valence-corrected chi connectivity index (χ3v) is 7.96. The molecule has 3 amide bonds. The summed E-state index contributed by atoms with van der Waals surface area (Å²) in [6.45, 7) is 1.55. The zero-order valence-corrected chi connectivity index (χ0v) is 20.0. The lowest BCUT2D eigenvalue weighted by atomic mass is 10.0. The van der Waals surface area contributed by atoms with Gasteiger partial charge in [0.05, 0.1) is 17.9 Å². The Morgan fingerprint density at radius 1 is 1.03 bits per heavy atom. The van der Waals surface area contributed by atoms with Gasteiger partial charge in [-0.2, -0.15) is 0 Å². The van der Waals surface area contributed by atoms with E-state index in [0.717, 1.165) is 43.7 Å². The maximum Gasteiger partial charge on any atom is 0.255 e. The molecule has 2 N–H and O–H groups in total. The molecule has 0 saturated heterocycles. The summed E-state index contributed by atoms with van der Waals surface area (Å²) in [5.74, 6) is -0.716. The van der Waals surface area contributed by atoms with Crippen LogP contribution in [0.1, 0.15) is 45.2 Å². The van der Waals surface area contributed by atoms with E-state index in [2.05, 4.69) is 27.0 Å². The average Bonchev–Trinajstić information content (AvgIpc) is 3.53. The monoisotopic (exact) mass is 486 g/mol. The molecule has 1 saturated carbocycles. The number of amides is 3. The molecule has 3 aromatic rings. The maximum absolute atomic E-state index is 13.2. The Morgan fingerprint density at radius 2 is 1.83 bits per heavy atom. The Morgan fingerprint density at radius 3 is 2.69 bits per heavy atom. The highest BCUT2D eigenvalue weighted by Gasteiger charge is 2.47. The lowest BCUT2D eigenvalue weighted by Crippen LogP contribution is -2.42. The highest BCUT2D eigenvalue weighted by molar-refractivity contribution is 7.10. The zero-order valence-electron chi connectivity index (χ0n) is 19.2. The fraction of sp³-hybridized carbons (Fsp3) is 0.296. The molecule has 178 valence electrons. The van der Waals surface area contributed by atoms with Gasteiger partial charge in [0.1, 0.15) is 6.04 Å². The van der Waals surface area contributed by atoms with E-state index in [1.807, 2.05) is 42.5 Å². The van der Waals surface area contributed by atoms with Crippen molar-refractivity contribution < 1.29 is 14.4 Å². The van der Waals surface area contributed by atoms with Gasteiger partial charge in [-0.25, -0.2) is 0 Å². The molecule has 0 spiro atoms. The van der Waals surface area contributed by atoms with E-state index in [0.29, 0.717) is 11.1 Å². The molecule has 3 heterocycles. The first kappa shape index (κ1) is 21.9. The van der Waals surface area contributed by atoms with Crippen LogP contribution in [0, 0.1) is 0 Å². The van der Waals surface area contributed by atoms with Crippen molar-refractivity contribution in [3.63, 3.8) is 0 Å². The van der Waals surface area contributed by atoms with Gasteiger partial charge in [0.25, 0.3) is 5.91 Å². The molecule has 2 aromatic carbocycles.